The minimum Gasteiger partial charge on any atom is -0.354 e. The summed E-state index contributed by atoms with van der Waals surface area (Å²) in [5, 5.41) is 9.91. The van der Waals surface area contributed by atoms with Crippen molar-refractivity contribution < 1.29 is 0 Å². The predicted molar refractivity (Wildman–Crippen MR) is 258 cm³/mol. The van der Waals surface area contributed by atoms with Crippen LogP contribution in [0.1, 0.15) is 25.0 Å². The van der Waals surface area contributed by atoms with E-state index in [-0.39, 0.29) is 5.41 Å². The Hall–Kier alpha value is -7.82. The maximum Gasteiger partial charge on any atom is 0.0623 e. The summed E-state index contributed by atoms with van der Waals surface area (Å²) in [7, 11) is 0. The summed E-state index contributed by atoms with van der Waals surface area (Å²) in [6, 6.07) is 78.4. The predicted octanol–water partition coefficient (Wildman–Crippen LogP) is 15.7. The van der Waals surface area contributed by atoms with Gasteiger partial charge in [0.2, 0.25) is 0 Å². The first-order valence-electron chi connectivity index (χ1n) is 21.0. The molecule has 4 nitrogen and oxygen atoms in total. The van der Waals surface area contributed by atoms with Crippen molar-refractivity contribution >= 4 is 61.6 Å². The van der Waals surface area contributed by atoms with Crippen LogP contribution in [0.5, 0.6) is 0 Å². The summed E-state index contributed by atoms with van der Waals surface area (Å²) in [6.45, 7) is 4.69. The molecule has 11 rings (SSSR count). The van der Waals surface area contributed by atoms with E-state index in [0.717, 1.165) is 45.5 Å². The SMILES string of the molecule is CC1(C)c2ccccc2-c2ccc(N(c3ccc(Nc4ccccc4Nc4ccc5c(c4)c4ccccc4n5-c4ccccc4)cc3)c3ccc(-c4ccccc4)cc3)cc21. The zero-order chi connectivity index (χ0) is 40.9. The summed E-state index contributed by atoms with van der Waals surface area (Å²) in [6.07, 6.45) is 0. The fourth-order valence-corrected chi connectivity index (χ4v) is 9.32. The van der Waals surface area contributed by atoms with E-state index in [4.69, 9.17) is 0 Å². The number of nitrogens with one attached hydrogen (secondary N) is 2. The van der Waals surface area contributed by atoms with E-state index in [1.165, 1.54) is 55.2 Å². The van der Waals surface area contributed by atoms with Gasteiger partial charge in [-0.3, -0.25) is 0 Å². The molecule has 1 aliphatic carbocycles. The quantitative estimate of drug-likeness (QED) is 0.153. The highest BCUT2D eigenvalue weighted by Crippen LogP contribution is 2.50. The van der Waals surface area contributed by atoms with Gasteiger partial charge in [0, 0.05) is 50.3 Å². The molecule has 9 aromatic carbocycles. The van der Waals surface area contributed by atoms with Crippen LogP contribution in [0, 0.1) is 0 Å². The van der Waals surface area contributed by atoms with E-state index < -0.39 is 0 Å². The van der Waals surface area contributed by atoms with Crippen LogP contribution in [-0.2, 0) is 5.41 Å². The van der Waals surface area contributed by atoms with E-state index in [0.29, 0.717) is 0 Å². The Morgan fingerprint density at radius 1 is 0.393 bits per heavy atom. The zero-order valence-electron chi connectivity index (χ0n) is 34.2. The Labute approximate surface area is 357 Å². The molecule has 1 aromatic heterocycles. The van der Waals surface area contributed by atoms with Gasteiger partial charge in [-0.2, -0.15) is 0 Å². The second-order valence-electron chi connectivity index (χ2n) is 16.4. The minimum atomic E-state index is -0.104. The van der Waals surface area contributed by atoms with E-state index in [1.54, 1.807) is 0 Å². The van der Waals surface area contributed by atoms with E-state index in [1.807, 2.05) is 0 Å². The molecule has 1 aliphatic rings. The van der Waals surface area contributed by atoms with Gasteiger partial charge in [0.25, 0.3) is 0 Å². The zero-order valence-corrected chi connectivity index (χ0v) is 34.2. The third-order valence-corrected chi connectivity index (χ3v) is 12.4. The van der Waals surface area contributed by atoms with Crippen LogP contribution in [0.15, 0.2) is 218 Å². The van der Waals surface area contributed by atoms with Gasteiger partial charge < -0.3 is 20.1 Å². The van der Waals surface area contributed by atoms with Crippen molar-refractivity contribution in [3.05, 3.63) is 230 Å². The highest BCUT2D eigenvalue weighted by molar-refractivity contribution is 6.10. The molecule has 0 unspecified atom stereocenters. The van der Waals surface area contributed by atoms with Crippen LogP contribution < -0.4 is 15.5 Å². The molecule has 0 saturated heterocycles. The molecule has 0 amide bonds. The number of aromatic nitrogens is 1. The Morgan fingerprint density at radius 2 is 0.934 bits per heavy atom. The van der Waals surface area contributed by atoms with Crippen molar-refractivity contribution in [2.24, 2.45) is 0 Å². The molecular formula is C57H44N4. The van der Waals surface area contributed by atoms with Crippen molar-refractivity contribution in [1.29, 1.82) is 0 Å². The van der Waals surface area contributed by atoms with Crippen LogP contribution in [-0.4, -0.2) is 4.57 Å². The smallest absolute Gasteiger partial charge is 0.0623 e. The normalized spacial score (nSPS) is 12.6. The van der Waals surface area contributed by atoms with E-state index in [9.17, 15) is 0 Å². The molecule has 0 saturated carbocycles. The van der Waals surface area contributed by atoms with Gasteiger partial charge in [-0.05, 0) is 130 Å². The van der Waals surface area contributed by atoms with Gasteiger partial charge in [-0.25, -0.2) is 0 Å². The largest absolute Gasteiger partial charge is 0.354 e. The molecule has 1 heterocycles. The molecule has 10 aromatic rings. The number of fused-ring (bicyclic) bond motifs is 6. The summed E-state index contributed by atoms with van der Waals surface area (Å²) >= 11 is 0. The minimum absolute atomic E-state index is 0.104. The number of para-hydroxylation sites is 4. The van der Waals surface area contributed by atoms with Crippen LogP contribution in [0.2, 0.25) is 0 Å². The van der Waals surface area contributed by atoms with E-state index in [2.05, 4.69) is 252 Å². The Bertz CT molecular complexity index is 3200. The van der Waals surface area contributed by atoms with Gasteiger partial charge in [0.1, 0.15) is 0 Å². The Balaban J connectivity index is 0.913. The lowest BCUT2D eigenvalue weighted by molar-refractivity contribution is 0.660. The number of hydrogen-bond acceptors (Lipinski definition) is 3. The van der Waals surface area contributed by atoms with Crippen LogP contribution in [0.4, 0.5) is 39.8 Å². The molecule has 0 atom stereocenters. The first-order chi connectivity index (χ1) is 30.0. The highest BCUT2D eigenvalue weighted by atomic mass is 15.1. The standard InChI is InChI=1S/C57H44N4/c1-57(2)51-21-11-9-19-47(51)48-35-34-46(38-52(48)57)60(44-30-25-40(26-31-44)39-15-5-3-6-16-39)45-32-27-41(28-33-45)58-53-22-12-13-23-54(53)59-42-29-36-56-50(37-42)49-20-10-14-24-55(49)61(56)43-17-7-4-8-18-43/h3-38,58-59H,1-2H3. The summed E-state index contributed by atoms with van der Waals surface area (Å²) in [5.41, 5.74) is 18.5. The maximum absolute atomic E-state index is 3.74. The average molecular weight is 785 g/mol. The molecule has 0 spiro atoms. The molecule has 61 heavy (non-hydrogen) atoms. The van der Waals surface area contributed by atoms with Crippen LogP contribution >= 0.6 is 0 Å². The summed E-state index contributed by atoms with van der Waals surface area (Å²) in [4.78, 5) is 2.37. The lowest BCUT2D eigenvalue weighted by Crippen LogP contribution is -2.16. The number of anilines is 7. The molecule has 0 fully saturated rings. The third-order valence-electron chi connectivity index (χ3n) is 12.4. The van der Waals surface area contributed by atoms with Crippen LogP contribution in [0.3, 0.4) is 0 Å². The molecule has 0 aliphatic heterocycles. The van der Waals surface area contributed by atoms with Crippen molar-refractivity contribution in [3.63, 3.8) is 0 Å². The number of nitrogens with zero attached hydrogens (tertiary/aromatic N) is 2. The van der Waals surface area contributed by atoms with Crippen LogP contribution in [0.25, 0.3) is 49.7 Å². The molecule has 292 valence electrons. The maximum atomic E-state index is 3.74. The molecule has 0 bridgehead atoms. The second kappa shape index (κ2) is 14.8. The Morgan fingerprint density at radius 3 is 1.69 bits per heavy atom. The lowest BCUT2D eigenvalue weighted by Gasteiger charge is -2.28. The van der Waals surface area contributed by atoms with Crippen molar-refractivity contribution in [1.82, 2.24) is 4.57 Å². The van der Waals surface area contributed by atoms with Gasteiger partial charge in [-0.1, -0.05) is 135 Å². The van der Waals surface area contributed by atoms with Crippen molar-refractivity contribution in [3.8, 4) is 27.9 Å². The average Bonchev–Trinajstić information content (AvgIpc) is 3.76. The number of rotatable bonds is 9. The first kappa shape index (κ1) is 36.3. The fourth-order valence-electron chi connectivity index (χ4n) is 9.32. The molecule has 0 radical (unpaired) electrons. The van der Waals surface area contributed by atoms with Gasteiger partial charge in [0.15, 0.2) is 0 Å². The van der Waals surface area contributed by atoms with E-state index >= 15 is 0 Å². The lowest BCUT2D eigenvalue weighted by atomic mass is 9.82. The third kappa shape index (κ3) is 6.41. The molecular weight excluding hydrogens is 741 g/mol. The monoisotopic (exact) mass is 784 g/mol. The summed E-state index contributed by atoms with van der Waals surface area (Å²) < 4.78 is 2.35. The van der Waals surface area contributed by atoms with Crippen molar-refractivity contribution in [2.45, 2.75) is 19.3 Å². The van der Waals surface area contributed by atoms with Gasteiger partial charge >= 0.3 is 0 Å². The van der Waals surface area contributed by atoms with Gasteiger partial charge in [-0.15, -0.1) is 0 Å². The number of hydrogen-bond donors (Lipinski definition) is 2. The topological polar surface area (TPSA) is 32.2 Å². The van der Waals surface area contributed by atoms with Crippen molar-refractivity contribution in [2.75, 3.05) is 15.5 Å². The fraction of sp³-hybridized carbons (Fsp3) is 0.0526. The molecule has 4 heteroatoms. The molecule has 2 N–H and O–H groups in total. The summed E-state index contributed by atoms with van der Waals surface area (Å²) in [5.74, 6) is 0. The Kier molecular flexibility index (Phi) is 8.79. The number of benzene rings is 9. The highest BCUT2D eigenvalue weighted by Gasteiger charge is 2.35. The van der Waals surface area contributed by atoms with Gasteiger partial charge in [0.05, 0.1) is 22.4 Å². The first-order valence-corrected chi connectivity index (χ1v) is 21.0. The second-order valence-corrected chi connectivity index (χ2v) is 16.4.